The minimum atomic E-state index is -1.14. The molecule has 9 nitrogen and oxygen atoms in total. The van der Waals surface area contributed by atoms with E-state index in [1.165, 1.54) is 19.3 Å². The maximum Gasteiger partial charge on any atom is 0.326 e. The van der Waals surface area contributed by atoms with Gasteiger partial charge in [-0.25, -0.2) is 9.59 Å². The van der Waals surface area contributed by atoms with Crippen LogP contribution in [0.25, 0.3) is 0 Å². The summed E-state index contributed by atoms with van der Waals surface area (Å²) in [6.07, 6.45) is 9.69. The van der Waals surface area contributed by atoms with E-state index in [9.17, 15) is 24.3 Å². The first-order valence-electron chi connectivity index (χ1n) is 15.0. The van der Waals surface area contributed by atoms with E-state index >= 15 is 0 Å². The van der Waals surface area contributed by atoms with Crippen LogP contribution in [0.4, 0.5) is 4.79 Å². The fourth-order valence-corrected chi connectivity index (χ4v) is 7.97. The largest absolute Gasteiger partial charge is 0.480 e. The number of carbonyl (C=O) groups excluding carboxylic acids is 3. The number of benzene rings is 1. The van der Waals surface area contributed by atoms with E-state index in [1.807, 2.05) is 50.4 Å². The summed E-state index contributed by atoms with van der Waals surface area (Å²) in [5.41, 5.74) is 0.611. The maximum absolute atomic E-state index is 13.5. The summed E-state index contributed by atoms with van der Waals surface area (Å²) in [6.45, 7) is 3.88. The fraction of sp³-hybridized carbons (Fsp3) is 0.677. The second-order valence-electron chi connectivity index (χ2n) is 12.9. The van der Waals surface area contributed by atoms with Gasteiger partial charge in [0.15, 0.2) is 0 Å². The minimum absolute atomic E-state index is 0.0699. The van der Waals surface area contributed by atoms with Crippen molar-refractivity contribution in [3.63, 3.8) is 0 Å². The summed E-state index contributed by atoms with van der Waals surface area (Å²) in [6, 6.07) is 5.91. The molecule has 4 bridgehead atoms. The predicted octanol–water partition coefficient (Wildman–Crippen LogP) is 3.72. The van der Waals surface area contributed by atoms with E-state index in [-0.39, 0.29) is 23.9 Å². The molecule has 5 rings (SSSR count). The van der Waals surface area contributed by atoms with Gasteiger partial charge in [0, 0.05) is 12.0 Å². The summed E-state index contributed by atoms with van der Waals surface area (Å²) in [7, 11) is 0. The van der Waals surface area contributed by atoms with Crippen molar-refractivity contribution in [3.05, 3.63) is 35.9 Å². The summed E-state index contributed by atoms with van der Waals surface area (Å²) < 4.78 is 0. The van der Waals surface area contributed by atoms with Gasteiger partial charge in [-0.05, 0) is 92.6 Å². The smallest absolute Gasteiger partial charge is 0.326 e. The normalized spacial score (nSPS) is 26.6. The number of hydrogen-bond donors (Lipinski definition) is 5. The number of carbonyl (C=O) groups is 4. The monoisotopic (exact) mass is 586 g/mol. The Balaban J connectivity index is 1.39. The second kappa shape index (κ2) is 13.9. The lowest BCUT2D eigenvalue weighted by Gasteiger charge is -2.56. The third-order valence-electron chi connectivity index (χ3n) is 8.89. The Bertz CT molecular complexity index is 1050. The third-order valence-corrected chi connectivity index (χ3v) is 9.53. The Morgan fingerprint density at radius 1 is 0.878 bits per heavy atom. The highest BCUT2D eigenvalue weighted by Crippen LogP contribution is 2.55. The molecular formula is C31H46N4O5S. The molecule has 0 unspecified atom stereocenters. The van der Waals surface area contributed by atoms with Crippen molar-refractivity contribution in [3.8, 4) is 0 Å². The SMILES string of the molecule is CSCC[C@H](NC(=O)NC12CC3CC(CC(C3)C1)C2)C(=O)N[C@@H](CC(C)C)C(=O)N[C@@H](Cc1ccccc1)C(=O)O. The van der Waals surface area contributed by atoms with Gasteiger partial charge in [0.2, 0.25) is 11.8 Å². The number of hydrogen-bond acceptors (Lipinski definition) is 5. The summed E-state index contributed by atoms with van der Waals surface area (Å²) in [5.74, 6) is 0.664. The number of aliphatic carboxylic acids is 1. The first kappa shape index (κ1) is 31.2. The Morgan fingerprint density at radius 3 is 1.98 bits per heavy atom. The van der Waals surface area contributed by atoms with Crippen molar-refractivity contribution in [1.82, 2.24) is 21.3 Å². The van der Waals surface area contributed by atoms with E-state index in [1.54, 1.807) is 11.8 Å². The predicted molar refractivity (Wildman–Crippen MR) is 160 cm³/mol. The first-order chi connectivity index (χ1) is 19.6. The zero-order valence-corrected chi connectivity index (χ0v) is 25.3. The molecule has 0 aromatic heterocycles. The average molecular weight is 587 g/mol. The van der Waals surface area contributed by atoms with Gasteiger partial charge in [-0.1, -0.05) is 44.2 Å². The molecule has 0 heterocycles. The molecule has 4 aliphatic rings. The molecule has 1 aromatic rings. The van der Waals surface area contributed by atoms with Gasteiger partial charge >= 0.3 is 12.0 Å². The van der Waals surface area contributed by atoms with Crippen LogP contribution in [-0.2, 0) is 20.8 Å². The van der Waals surface area contributed by atoms with Crippen LogP contribution < -0.4 is 21.3 Å². The molecule has 4 amide bonds. The molecule has 0 spiro atoms. The molecule has 5 N–H and O–H groups in total. The van der Waals surface area contributed by atoms with Gasteiger partial charge in [0.1, 0.15) is 18.1 Å². The molecule has 0 aliphatic heterocycles. The number of thioether (sulfide) groups is 1. The number of nitrogens with one attached hydrogen (secondary N) is 4. The molecule has 1 aromatic carbocycles. The highest BCUT2D eigenvalue weighted by Gasteiger charge is 2.51. The second-order valence-corrected chi connectivity index (χ2v) is 13.9. The maximum atomic E-state index is 13.5. The lowest BCUT2D eigenvalue weighted by atomic mass is 9.53. The summed E-state index contributed by atoms with van der Waals surface area (Å²) >= 11 is 1.58. The molecule has 0 saturated heterocycles. The van der Waals surface area contributed by atoms with Gasteiger partial charge in [-0.15, -0.1) is 0 Å². The Kier molecular flexibility index (Phi) is 10.6. The molecule has 4 aliphatic carbocycles. The fourth-order valence-electron chi connectivity index (χ4n) is 7.50. The topological polar surface area (TPSA) is 137 Å². The van der Waals surface area contributed by atoms with Gasteiger partial charge in [0.05, 0.1) is 0 Å². The lowest BCUT2D eigenvalue weighted by molar-refractivity contribution is -0.142. The Labute approximate surface area is 247 Å². The Hall–Kier alpha value is -2.75. The van der Waals surface area contributed by atoms with Crippen LogP contribution in [-0.4, -0.2) is 64.6 Å². The number of carboxylic acids is 1. The third kappa shape index (κ3) is 8.63. The standard InChI is InChI=1S/C31H46N4O5S/c1-19(2)11-25(28(37)33-26(29(38)39)15-20-7-5-4-6-8-20)32-27(36)24(9-10-41-3)34-30(40)35-31-16-21-12-22(17-31)14-23(13-21)18-31/h4-8,19,21-26H,9-18H2,1-3H3,(H,32,36)(H,33,37)(H,38,39)(H2,34,35,40)/t21?,22?,23?,24-,25-,26-,31?/m0/s1. The number of carboxylic acid groups (broad SMARTS) is 1. The van der Waals surface area contributed by atoms with E-state index in [0.717, 1.165) is 24.8 Å². The van der Waals surface area contributed by atoms with Crippen LogP contribution in [0.1, 0.15) is 70.8 Å². The average Bonchev–Trinajstić information content (AvgIpc) is 2.89. The molecule has 0 radical (unpaired) electrons. The van der Waals surface area contributed by atoms with Crippen molar-refractivity contribution in [2.75, 3.05) is 12.0 Å². The molecule has 4 fully saturated rings. The van der Waals surface area contributed by atoms with Crippen LogP contribution in [0, 0.1) is 23.7 Å². The van der Waals surface area contributed by atoms with Crippen LogP contribution >= 0.6 is 11.8 Å². The zero-order valence-electron chi connectivity index (χ0n) is 24.5. The van der Waals surface area contributed by atoms with Crippen molar-refractivity contribution >= 4 is 35.6 Å². The lowest BCUT2D eigenvalue weighted by Crippen LogP contribution is -2.63. The van der Waals surface area contributed by atoms with E-state index < -0.39 is 35.9 Å². The minimum Gasteiger partial charge on any atom is -0.480 e. The number of urea groups is 1. The molecular weight excluding hydrogens is 540 g/mol. The molecule has 41 heavy (non-hydrogen) atoms. The Morgan fingerprint density at radius 2 is 1.44 bits per heavy atom. The van der Waals surface area contributed by atoms with Gasteiger partial charge in [-0.3, -0.25) is 9.59 Å². The molecule has 3 atom stereocenters. The molecule has 4 saturated carbocycles. The van der Waals surface area contributed by atoms with E-state index in [0.29, 0.717) is 36.3 Å². The van der Waals surface area contributed by atoms with Gasteiger partial charge in [-0.2, -0.15) is 11.8 Å². The molecule has 226 valence electrons. The van der Waals surface area contributed by atoms with Crippen LogP contribution in [0.3, 0.4) is 0 Å². The van der Waals surface area contributed by atoms with E-state index in [2.05, 4.69) is 21.3 Å². The highest BCUT2D eigenvalue weighted by molar-refractivity contribution is 7.98. The van der Waals surface area contributed by atoms with Gasteiger partial charge < -0.3 is 26.4 Å². The first-order valence-corrected chi connectivity index (χ1v) is 16.4. The van der Waals surface area contributed by atoms with Crippen LogP contribution in [0.5, 0.6) is 0 Å². The van der Waals surface area contributed by atoms with Gasteiger partial charge in [0.25, 0.3) is 0 Å². The number of rotatable bonds is 14. The summed E-state index contributed by atoms with van der Waals surface area (Å²) in [5, 5.41) is 21.4. The van der Waals surface area contributed by atoms with Crippen molar-refractivity contribution < 1.29 is 24.3 Å². The summed E-state index contributed by atoms with van der Waals surface area (Å²) in [4.78, 5) is 52.0. The van der Waals surface area contributed by atoms with Crippen molar-refractivity contribution in [2.24, 2.45) is 23.7 Å². The number of amides is 4. The van der Waals surface area contributed by atoms with Crippen LogP contribution in [0.2, 0.25) is 0 Å². The van der Waals surface area contributed by atoms with E-state index in [4.69, 9.17) is 0 Å². The quantitative estimate of drug-likeness (QED) is 0.225. The van der Waals surface area contributed by atoms with Crippen LogP contribution in [0.15, 0.2) is 30.3 Å². The van der Waals surface area contributed by atoms with Crippen molar-refractivity contribution in [2.45, 2.75) is 95.3 Å². The molecule has 10 heteroatoms. The van der Waals surface area contributed by atoms with Crippen molar-refractivity contribution in [1.29, 1.82) is 0 Å². The highest BCUT2D eigenvalue weighted by atomic mass is 32.2. The zero-order chi connectivity index (χ0) is 29.6.